The number of nitrogens with one attached hydrogen (secondary N) is 4. The number of alkyl halides is 3. The summed E-state index contributed by atoms with van der Waals surface area (Å²) in [5.41, 5.74) is 2.65. The highest BCUT2D eigenvalue weighted by Crippen LogP contribution is 2.34. The second-order valence-electron chi connectivity index (χ2n) is 16.6. The topological polar surface area (TPSA) is 214 Å². The number of amides is 5. The number of piperidine rings is 1. The van der Waals surface area contributed by atoms with Gasteiger partial charge in [0.05, 0.1) is 67.0 Å². The van der Waals surface area contributed by atoms with Crippen molar-refractivity contribution in [1.82, 2.24) is 25.3 Å². The van der Waals surface area contributed by atoms with E-state index in [4.69, 9.17) is 19.9 Å². The normalized spacial score (nSPS) is 17.6. The highest BCUT2D eigenvalue weighted by molar-refractivity contribution is 7.99. The largest absolute Gasteiger partial charge is 0.475 e. The number of hydrogen-bond acceptors (Lipinski definition) is 15. The van der Waals surface area contributed by atoms with E-state index in [2.05, 4.69) is 38.8 Å². The van der Waals surface area contributed by atoms with E-state index < -0.39 is 46.0 Å². The van der Waals surface area contributed by atoms with Gasteiger partial charge in [-0.25, -0.2) is 4.21 Å². The van der Waals surface area contributed by atoms with E-state index in [1.54, 1.807) is 36.2 Å². The van der Waals surface area contributed by atoms with E-state index in [0.29, 0.717) is 120 Å². The zero-order valence-corrected chi connectivity index (χ0v) is 41.2. The predicted molar refractivity (Wildman–Crippen MR) is 263 cm³/mol. The van der Waals surface area contributed by atoms with Gasteiger partial charge in [0.15, 0.2) is 15.7 Å². The first-order valence-electron chi connectivity index (χ1n) is 23.0. The molecule has 3 aromatic carbocycles. The quantitative estimate of drug-likeness (QED) is 0.0320. The first-order chi connectivity index (χ1) is 33.7. The van der Waals surface area contributed by atoms with Crippen molar-refractivity contribution in [1.29, 1.82) is 0 Å². The molecule has 0 radical (unpaired) electrons. The summed E-state index contributed by atoms with van der Waals surface area (Å²) in [4.78, 5) is 69.3. The summed E-state index contributed by atoms with van der Waals surface area (Å²) in [6.45, 7) is 5.82. The smallest absolute Gasteiger partial charge is 0.399 e. The lowest BCUT2D eigenvalue weighted by Gasteiger charge is -2.35. The molecule has 0 bridgehead atoms. The number of carbonyl (C=O) groups excluding carboxylic acids is 5. The number of benzene rings is 3. The fourth-order valence-corrected chi connectivity index (χ4v) is 10.0. The predicted octanol–water partition coefficient (Wildman–Crippen LogP) is 3.52. The van der Waals surface area contributed by atoms with Gasteiger partial charge in [-0.3, -0.25) is 39.1 Å². The average Bonchev–Trinajstić information content (AvgIpc) is 3.60. The highest BCUT2D eigenvalue weighted by Gasteiger charge is 2.45. The molecule has 6 N–H and O–H groups in total. The minimum absolute atomic E-state index is 0.0437. The number of anilines is 2. The first-order valence-corrected chi connectivity index (χ1v) is 25.6. The molecule has 17 nitrogen and oxygen atoms in total. The maximum Gasteiger partial charge on any atom is 0.475 e. The molecule has 5 amide bonds. The van der Waals surface area contributed by atoms with E-state index in [1.165, 1.54) is 18.2 Å². The molecule has 380 valence electrons. The first kappa shape index (κ1) is 54.2. The minimum atomic E-state index is -4.90. The van der Waals surface area contributed by atoms with Gasteiger partial charge in [0, 0.05) is 93.3 Å². The van der Waals surface area contributed by atoms with Gasteiger partial charge in [0.2, 0.25) is 17.7 Å². The Bertz CT molecular complexity index is 2340. The van der Waals surface area contributed by atoms with Crippen molar-refractivity contribution in [2.24, 2.45) is 5.73 Å². The Morgan fingerprint density at radius 3 is 2.37 bits per heavy atom. The number of halogens is 3. The molecule has 0 aromatic heterocycles. The maximum absolute atomic E-state index is 13.5. The van der Waals surface area contributed by atoms with E-state index in [9.17, 15) is 41.4 Å². The lowest BCUT2D eigenvalue weighted by molar-refractivity contribution is -0.136. The molecule has 6 rings (SSSR count). The summed E-state index contributed by atoms with van der Waals surface area (Å²) in [5.74, 6) is -1.62. The standard InChI is InChI=1S/C47H59F3N8O9S3/c48-47(49,50)70(64)40-28-34(68)11-12-37(40)54-33(31-69-35-6-2-1-3-7-35)15-18-56-19-21-57(22-20-56)42(60)10-5-16-52-29-32(51)30-67-27-26-66-25-24-65-23-17-53-38-9-4-8-36-43(38)46(63)58(45(36)62)39-13-14-41(59)55-44(39)61/h1-4,6-9,11-12,28-29,33,39,52-54,68H,5,10,13-27,30-31,51H2,(H,55,59,61)/p+1/b32-29-/t33-,39?,70?/m1/s1. The fraction of sp³-hybridized carbons (Fsp3) is 0.468. The number of rotatable bonds is 27. The molecule has 2 unspecified atom stereocenters. The van der Waals surface area contributed by atoms with Gasteiger partial charge >= 0.3 is 5.51 Å². The van der Waals surface area contributed by atoms with Crippen LogP contribution in [0.3, 0.4) is 0 Å². The van der Waals surface area contributed by atoms with Crippen molar-refractivity contribution in [2.75, 3.05) is 102 Å². The fourth-order valence-electron chi connectivity index (χ4n) is 7.90. The number of nitrogens with zero attached hydrogens (tertiary/aromatic N) is 3. The van der Waals surface area contributed by atoms with E-state index in [-0.39, 0.29) is 53.1 Å². The number of carbonyl (C=O) groups is 5. The molecule has 23 heteroatoms. The third-order valence-electron chi connectivity index (χ3n) is 11.5. The highest BCUT2D eigenvalue weighted by atomic mass is 32.2. The van der Waals surface area contributed by atoms with Crippen LogP contribution in [-0.4, -0.2) is 157 Å². The molecule has 2 fully saturated rings. The van der Waals surface area contributed by atoms with Crippen molar-refractivity contribution in [3.8, 4) is 0 Å². The number of piperazine rings is 1. The van der Waals surface area contributed by atoms with Crippen LogP contribution >= 0.6 is 11.8 Å². The van der Waals surface area contributed by atoms with Crippen LogP contribution in [0, 0.1) is 0 Å². The van der Waals surface area contributed by atoms with Gasteiger partial charge < -0.3 is 40.8 Å². The number of thioether (sulfide) groups is 1. The average molecular weight is 1030 g/mol. The maximum atomic E-state index is 13.5. The Labute approximate surface area is 417 Å². The lowest BCUT2D eigenvalue weighted by Crippen LogP contribution is -2.54. The molecule has 3 heterocycles. The van der Waals surface area contributed by atoms with Crippen LogP contribution < -0.4 is 27.0 Å². The summed E-state index contributed by atoms with van der Waals surface area (Å²) in [6, 6.07) is 17.7. The molecule has 0 spiro atoms. The third-order valence-corrected chi connectivity index (χ3v) is 14.1. The molecule has 3 aromatic rings. The van der Waals surface area contributed by atoms with Gasteiger partial charge in [-0.2, -0.15) is 13.2 Å². The molecule has 3 aliphatic heterocycles. The van der Waals surface area contributed by atoms with E-state index in [0.717, 1.165) is 9.80 Å². The Balaban J connectivity index is 0.790. The molecule has 0 aliphatic carbocycles. The number of hydrogen-bond donors (Lipinski definition) is 5. The Hall–Kier alpha value is -5.17. The van der Waals surface area contributed by atoms with E-state index in [1.807, 2.05) is 35.2 Å². The second-order valence-corrected chi connectivity index (χ2v) is 19.7. The monoisotopic (exact) mass is 1030 g/mol. The van der Waals surface area contributed by atoms with Gasteiger partial charge in [0.25, 0.3) is 11.8 Å². The molecular formula is C47H60F3N8O9S3+. The zero-order chi connectivity index (χ0) is 50.0. The zero-order valence-electron chi connectivity index (χ0n) is 38.6. The van der Waals surface area contributed by atoms with Gasteiger partial charge in [-0.05, 0) is 68.3 Å². The van der Waals surface area contributed by atoms with Crippen LogP contribution in [0.4, 0.5) is 24.5 Å². The molecular weight excluding hydrogens is 974 g/mol. The molecule has 2 saturated heterocycles. The Morgan fingerprint density at radius 2 is 1.64 bits per heavy atom. The van der Waals surface area contributed by atoms with Gasteiger partial charge in [-0.1, -0.05) is 24.3 Å². The Kier molecular flexibility index (Phi) is 20.8. The van der Waals surface area contributed by atoms with Crippen molar-refractivity contribution >= 4 is 76.1 Å². The van der Waals surface area contributed by atoms with Crippen LogP contribution in [0.2, 0.25) is 0 Å². The van der Waals surface area contributed by atoms with Crippen molar-refractivity contribution in [3.63, 3.8) is 0 Å². The van der Waals surface area contributed by atoms with Gasteiger partial charge in [-0.15, -0.1) is 11.8 Å². The van der Waals surface area contributed by atoms with E-state index >= 15 is 0 Å². The molecule has 0 saturated carbocycles. The Morgan fingerprint density at radius 1 is 0.914 bits per heavy atom. The third kappa shape index (κ3) is 15.9. The summed E-state index contributed by atoms with van der Waals surface area (Å²) in [5, 5.41) is 11.7. The number of nitrogens with two attached hydrogens (primary N) is 1. The summed E-state index contributed by atoms with van der Waals surface area (Å²) in [7, 11) is -3.21. The summed E-state index contributed by atoms with van der Waals surface area (Å²) < 4.78 is 69.8. The number of imide groups is 2. The van der Waals surface area contributed by atoms with Crippen LogP contribution in [-0.2, 0) is 52.0 Å². The van der Waals surface area contributed by atoms with Crippen LogP contribution in [0.5, 0.6) is 0 Å². The van der Waals surface area contributed by atoms with Crippen molar-refractivity contribution in [2.45, 2.75) is 64.4 Å². The molecule has 3 aliphatic rings. The van der Waals surface area contributed by atoms with Crippen LogP contribution in [0.1, 0.15) is 52.8 Å². The second kappa shape index (κ2) is 26.9. The molecule has 70 heavy (non-hydrogen) atoms. The van der Waals surface area contributed by atoms with Gasteiger partial charge in [0.1, 0.15) is 6.04 Å². The number of ether oxygens (including phenoxy) is 3. The van der Waals surface area contributed by atoms with Crippen molar-refractivity contribution < 1.29 is 55.6 Å². The minimum Gasteiger partial charge on any atom is -0.399 e. The van der Waals surface area contributed by atoms with Crippen molar-refractivity contribution in [3.05, 3.63) is 89.8 Å². The lowest BCUT2D eigenvalue weighted by atomic mass is 10.0. The summed E-state index contributed by atoms with van der Waals surface area (Å²) >= 11 is 4.86. The summed E-state index contributed by atoms with van der Waals surface area (Å²) in [6.07, 6.45) is 3.38. The van der Waals surface area contributed by atoms with Crippen LogP contribution in [0.15, 0.2) is 93.3 Å². The SMILES string of the molecule is N/C(=C\NCCCC(=O)N1CCN(CC[C@H](CSc2ccccc2)Nc2ccc([SH2+])cc2S(=O)C(F)(F)F)CC1)COCCOCCOCCNc1cccc2c1C(=O)N(C1CCC(=O)NC1=O)C2=O. The van der Waals surface area contributed by atoms with Crippen LogP contribution in [0.25, 0.3) is 0 Å². The molecule has 3 atom stereocenters. The number of fused-ring (bicyclic) bond motifs is 1.